The lowest BCUT2D eigenvalue weighted by molar-refractivity contribution is -0.0707. The number of amides is 1. The summed E-state index contributed by atoms with van der Waals surface area (Å²) in [5.74, 6) is 0.743. The lowest BCUT2D eigenvalue weighted by Crippen LogP contribution is -2.47. The Bertz CT molecular complexity index is 938. The number of nitrogens with one attached hydrogen (secondary N) is 1. The minimum Gasteiger partial charge on any atom is -0.497 e. The average molecular weight is 366 g/mol. The third kappa shape index (κ3) is 3.50. The highest BCUT2D eigenvalue weighted by molar-refractivity contribution is 5.83. The first-order valence-electron chi connectivity index (χ1n) is 8.95. The van der Waals surface area contributed by atoms with E-state index in [4.69, 9.17) is 15.2 Å². The van der Waals surface area contributed by atoms with Gasteiger partial charge in [0, 0.05) is 28.9 Å². The van der Waals surface area contributed by atoms with Gasteiger partial charge in [-0.25, -0.2) is 4.79 Å². The van der Waals surface area contributed by atoms with E-state index in [0.29, 0.717) is 6.42 Å². The largest absolute Gasteiger partial charge is 0.497 e. The number of benzene rings is 2. The molecular formula is C22H26N2O3. The van der Waals surface area contributed by atoms with Crippen LogP contribution in [0.4, 0.5) is 4.79 Å². The Hall–Kier alpha value is -2.95. The molecule has 0 saturated heterocycles. The fourth-order valence-corrected chi connectivity index (χ4v) is 3.63. The number of aromatic amines is 1. The third-order valence-corrected chi connectivity index (χ3v) is 5.16. The van der Waals surface area contributed by atoms with Gasteiger partial charge in [0.1, 0.15) is 11.4 Å². The van der Waals surface area contributed by atoms with Crippen LogP contribution < -0.4 is 10.5 Å². The second kappa shape index (κ2) is 6.99. The molecule has 3 N–H and O–H groups in total. The Morgan fingerprint density at radius 1 is 1.07 bits per heavy atom. The fraction of sp³-hybridized carbons (Fsp3) is 0.318. The molecule has 0 fully saturated rings. The van der Waals surface area contributed by atoms with Crippen molar-refractivity contribution in [2.24, 2.45) is 11.1 Å². The Morgan fingerprint density at radius 3 is 2.33 bits per heavy atom. The summed E-state index contributed by atoms with van der Waals surface area (Å²) in [6, 6.07) is 15.7. The number of hydrogen-bond donors (Lipinski definition) is 2. The van der Waals surface area contributed by atoms with Gasteiger partial charge in [-0.15, -0.1) is 0 Å². The number of para-hydroxylation sites is 1. The van der Waals surface area contributed by atoms with Crippen molar-refractivity contribution in [3.05, 3.63) is 65.9 Å². The smallest absolute Gasteiger partial charge is 0.405 e. The molecule has 27 heavy (non-hydrogen) atoms. The number of primary amides is 1. The van der Waals surface area contributed by atoms with Gasteiger partial charge >= 0.3 is 6.09 Å². The van der Waals surface area contributed by atoms with Crippen molar-refractivity contribution in [2.45, 2.75) is 32.8 Å². The van der Waals surface area contributed by atoms with Crippen LogP contribution >= 0.6 is 0 Å². The summed E-state index contributed by atoms with van der Waals surface area (Å²) >= 11 is 0. The molecule has 3 rings (SSSR count). The maximum atomic E-state index is 11.9. The molecule has 1 atom stereocenters. The van der Waals surface area contributed by atoms with Crippen molar-refractivity contribution in [1.82, 2.24) is 4.98 Å². The Kier molecular flexibility index (Phi) is 4.87. The molecule has 0 radical (unpaired) electrons. The number of aromatic nitrogens is 1. The van der Waals surface area contributed by atoms with Gasteiger partial charge in [-0.1, -0.05) is 51.1 Å². The molecule has 1 amide bonds. The Morgan fingerprint density at radius 2 is 1.74 bits per heavy atom. The van der Waals surface area contributed by atoms with Crippen LogP contribution in [0.2, 0.25) is 0 Å². The van der Waals surface area contributed by atoms with E-state index in [1.54, 1.807) is 7.11 Å². The van der Waals surface area contributed by atoms with Crippen LogP contribution in [0.25, 0.3) is 10.9 Å². The molecule has 1 unspecified atom stereocenters. The number of rotatable bonds is 5. The maximum Gasteiger partial charge on any atom is 0.405 e. The summed E-state index contributed by atoms with van der Waals surface area (Å²) in [4.78, 5) is 15.2. The maximum absolute atomic E-state index is 11.9. The van der Waals surface area contributed by atoms with E-state index < -0.39 is 17.1 Å². The van der Waals surface area contributed by atoms with Gasteiger partial charge < -0.3 is 20.2 Å². The van der Waals surface area contributed by atoms with Crippen LogP contribution in [0.3, 0.4) is 0 Å². The summed E-state index contributed by atoms with van der Waals surface area (Å²) in [6.45, 7) is 6.15. The topological polar surface area (TPSA) is 77.3 Å². The van der Waals surface area contributed by atoms with Crippen LogP contribution in [0.5, 0.6) is 5.75 Å². The normalized spacial score (nSPS) is 13.9. The third-order valence-electron chi connectivity index (χ3n) is 5.16. The second-order valence-electron chi connectivity index (χ2n) is 7.76. The van der Waals surface area contributed by atoms with E-state index in [0.717, 1.165) is 27.8 Å². The fourth-order valence-electron chi connectivity index (χ4n) is 3.63. The number of H-pyrrole nitrogens is 1. The lowest BCUT2D eigenvalue weighted by atomic mass is 9.68. The molecule has 5 heteroatoms. The van der Waals surface area contributed by atoms with Gasteiger partial charge in [0.05, 0.1) is 7.11 Å². The van der Waals surface area contributed by atoms with E-state index in [1.165, 1.54) is 0 Å². The second-order valence-corrected chi connectivity index (χ2v) is 7.76. The van der Waals surface area contributed by atoms with Gasteiger partial charge in [-0.2, -0.15) is 0 Å². The molecule has 0 aliphatic carbocycles. The Balaban J connectivity index is 2.17. The molecule has 1 aromatic heterocycles. The molecule has 1 heterocycles. The van der Waals surface area contributed by atoms with Gasteiger partial charge in [0.15, 0.2) is 0 Å². The van der Waals surface area contributed by atoms with Crippen LogP contribution in [-0.2, 0) is 16.8 Å². The van der Waals surface area contributed by atoms with Crippen molar-refractivity contribution in [1.29, 1.82) is 0 Å². The highest BCUT2D eigenvalue weighted by Gasteiger charge is 2.47. The number of nitrogens with two attached hydrogens (primary N) is 1. The number of hydrogen-bond acceptors (Lipinski definition) is 3. The van der Waals surface area contributed by atoms with Crippen molar-refractivity contribution in [3.63, 3.8) is 0 Å². The van der Waals surface area contributed by atoms with Crippen molar-refractivity contribution >= 4 is 17.0 Å². The first kappa shape index (κ1) is 18.8. The van der Waals surface area contributed by atoms with Crippen molar-refractivity contribution < 1.29 is 14.3 Å². The highest BCUT2D eigenvalue weighted by atomic mass is 16.6. The predicted octanol–water partition coefficient (Wildman–Crippen LogP) is 4.76. The summed E-state index contributed by atoms with van der Waals surface area (Å²) < 4.78 is 11.1. The highest BCUT2D eigenvalue weighted by Crippen LogP contribution is 2.46. The van der Waals surface area contributed by atoms with E-state index in [2.05, 4.69) is 31.8 Å². The van der Waals surface area contributed by atoms with E-state index in [1.807, 2.05) is 48.7 Å². The van der Waals surface area contributed by atoms with E-state index >= 15 is 0 Å². The number of carbonyl (C=O) groups excluding carboxylic acids is 1. The number of fused-ring (bicyclic) bond motifs is 1. The first-order valence-corrected chi connectivity index (χ1v) is 8.95. The quantitative estimate of drug-likeness (QED) is 0.684. The molecule has 0 bridgehead atoms. The zero-order chi connectivity index (χ0) is 19.7. The molecule has 0 spiro atoms. The standard InChI is InChI=1S/C22H26N2O3/c1-21(2,3)22(27-20(23)25,16-9-11-17(26-4)12-10-16)13-15-14-24-19-8-6-5-7-18(15)19/h5-12,14,24H,13H2,1-4H3,(H2,23,25). The minimum atomic E-state index is -0.934. The van der Waals surface area contributed by atoms with Crippen LogP contribution in [0, 0.1) is 5.41 Å². The zero-order valence-electron chi connectivity index (χ0n) is 16.2. The number of methoxy groups -OCH3 is 1. The Labute approximate surface area is 159 Å². The predicted molar refractivity (Wildman–Crippen MR) is 107 cm³/mol. The summed E-state index contributed by atoms with van der Waals surface area (Å²) in [7, 11) is 1.62. The number of ether oxygens (including phenoxy) is 2. The summed E-state index contributed by atoms with van der Waals surface area (Å²) in [6.07, 6.45) is 1.68. The van der Waals surface area contributed by atoms with Crippen molar-refractivity contribution in [2.75, 3.05) is 7.11 Å². The number of carbonyl (C=O) groups is 1. The molecule has 2 aromatic carbocycles. The van der Waals surface area contributed by atoms with Gasteiger partial charge in [0.2, 0.25) is 0 Å². The van der Waals surface area contributed by atoms with Crippen LogP contribution in [-0.4, -0.2) is 18.2 Å². The summed E-state index contributed by atoms with van der Waals surface area (Å²) in [5.41, 5.74) is 7.16. The monoisotopic (exact) mass is 366 g/mol. The van der Waals surface area contributed by atoms with Gasteiger partial charge in [-0.05, 0) is 29.3 Å². The van der Waals surface area contributed by atoms with E-state index in [9.17, 15) is 4.79 Å². The minimum absolute atomic E-state index is 0.408. The van der Waals surface area contributed by atoms with E-state index in [-0.39, 0.29) is 0 Å². The van der Waals surface area contributed by atoms with Crippen LogP contribution in [0.15, 0.2) is 54.7 Å². The molecule has 0 aliphatic heterocycles. The molecule has 142 valence electrons. The van der Waals surface area contributed by atoms with Gasteiger partial charge in [0.25, 0.3) is 0 Å². The first-order chi connectivity index (χ1) is 12.8. The molecule has 3 aromatic rings. The zero-order valence-corrected chi connectivity index (χ0v) is 16.2. The average Bonchev–Trinajstić information content (AvgIpc) is 3.03. The molecular weight excluding hydrogens is 340 g/mol. The van der Waals surface area contributed by atoms with Crippen LogP contribution in [0.1, 0.15) is 31.9 Å². The van der Waals surface area contributed by atoms with Gasteiger partial charge in [-0.3, -0.25) is 0 Å². The lowest BCUT2D eigenvalue weighted by Gasteiger charge is -2.44. The summed E-state index contributed by atoms with van der Waals surface area (Å²) in [5, 5.41) is 1.10. The SMILES string of the molecule is COc1ccc(C(Cc2c[nH]c3ccccc23)(OC(N)=O)C(C)(C)C)cc1. The molecule has 0 saturated carbocycles. The molecule has 5 nitrogen and oxygen atoms in total. The molecule has 0 aliphatic rings. The van der Waals surface area contributed by atoms with Crippen molar-refractivity contribution in [3.8, 4) is 5.75 Å².